The summed E-state index contributed by atoms with van der Waals surface area (Å²) in [4.78, 5) is 0. The first-order valence-corrected chi connectivity index (χ1v) is 12.0. The number of rotatable bonds is 5. The molecular formula is C26H42O2. The van der Waals surface area contributed by atoms with E-state index in [9.17, 15) is 5.11 Å². The number of aliphatic hydroxyl groups excluding tert-OH is 2. The van der Waals surface area contributed by atoms with Crippen molar-refractivity contribution >= 4 is 0 Å². The average Bonchev–Trinajstić information content (AvgIpc) is 3.03. The second kappa shape index (κ2) is 7.91. The molecule has 0 saturated heterocycles. The first-order chi connectivity index (χ1) is 13.4. The summed E-state index contributed by atoms with van der Waals surface area (Å²) in [6.45, 7) is 7.89. The Morgan fingerprint density at radius 3 is 2.75 bits per heavy atom. The molecule has 0 aromatic rings. The topological polar surface area (TPSA) is 40.5 Å². The Hall–Kier alpha value is -0.600. The summed E-state index contributed by atoms with van der Waals surface area (Å²) in [5, 5.41) is 19.2. The van der Waals surface area contributed by atoms with Gasteiger partial charge in [-0.1, -0.05) is 44.6 Å². The monoisotopic (exact) mass is 386 g/mol. The van der Waals surface area contributed by atoms with Crippen LogP contribution in [-0.2, 0) is 0 Å². The van der Waals surface area contributed by atoms with Gasteiger partial charge in [-0.2, -0.15) is 0 Å². The van der Waals surface area contributed by atoms with Crippen LogP contribution in [0, 0.1) is 40.4 Å². The van der Waals surface area contributed by atoms with E-state index in [-0.39, 0.29) is 6.10 Å². The van der Waals surface area contributed by atoms with E-state index < -0.39 is 0 Å². The predicted molar refractivity (Wildman–Crippen MR) is 116 cm³/mol. The summed E-state index contributed by atoms with van der Waals surface area (Å²) in [7, 11) is 0. The summed E-state index contributed by atoms with van der Waals surface area (Å²) in [6.07, 6.45) is 19.1. The third-order valence-corrected chi connectivity index (χ3v) is 9.75. The summed E-state index contributed by atoms with van der Waals surface area (Å²) in [5.41, 5.74) is 2.45. The first-order valence-electron chi connectivity index (χ1n) is 12.0. The molecule has 2 heteroatoms. The fourth-order valence-corrected chi connectivity index (χ4v) is 8.20. The van der Waals surface area contributed by atoms with Gasteiger partial charge in [0.1, 0.15) is 0 Å². The molecule has 3 fully saturated rings. The lowest BCUT2D eigenvalue weighted by atomic mass is 9.47. The second-order valence-corrected chi connectivity index (χ2v) is 11.0. The van der Waals surface area contributed by atoms with Crippen LogP contribution < -0.4 is 0 Å². The molecule has 158 valence electrons. The fraction of sp³-hybridized carbons (Fsp3) is 0.846. The van der Waals surface area contributed by atoms with Gasteiger partial charge in [0.15, 0.2) is 0 Å². The summed E-state index contributed by atoms with van der Waals surface area (Å²) < 4.78 is 0. The minimum absolute atomic E-state index is 0.0981. The minimum Gasteiger partial charge on any atom is -0.396 e. The van der Waals surface area contributed by atoms with Crippen LogP contribution in [0.1, 0.15) is 85.0 Å². The smallest absolute Gasteiger partial charge is 0.0577 e. The molecule has 2 nitrogen and oxygen atoms in total. The van der Waals surface area contributed by atoms with Crippen LogP contribution in [0.15, 0.2) is 23.8 Å². The Balaban J connectivity index is 1.51. The SMILES string of the molecule is C[C@H](C=CCCCO)[C@H]1CC[C@H]2[C@@H]3CC=C4CC(O)CC[C@]4(C)[C@H]3CC[C@]12C. The lowest BCUT2D eigenvalue weighted by molar-refractivity contribution is -0.0540. The van der Waals surface area contributed by atoms with Gasteiger partial charge < -0.3 is 10.2 Å². The van der Waals surface area contributed by atoms with Gasteiger partial charge in [0, 0.05) is 6.61 Å². The van der Waals surface area contributed by atoms with Crippen molar-refractivity contribution in [1.82, 2.24) is 0 Å². The Labute approximate surface area is 172 Å². The molecule has 0 radical (unpaired) electrons. The van der Waals surface area contributed by atoms with Crippen molar-refractivity contribution in [2.45, 2.75) is 91.1 Å². The van der Waals surface area contributed by atoms with Crippen molar-refractivity contribution in [3.05, 3.63) is 23.8 Å². The van der Waals surface area contributed by atoms with Gasteiger partial charge in [0.05, 0.1) is 6.10 Å². The minimum atomic E-state index is -0.0981. The van der Waals surface area contributed by atoms with Crippen molar-refractivity contribution in [2.24, 2.45) is 40.4 Å². The van der Waals surface area contributed by atoms with E-state index in [1.165, 1.54) is 38.5 Å². The molecule has 0 aliphatic heterocycles. The fourth-order valence-electron chi connectivity index (χ4n) is 8.20. The van der Waals surface area contributed by atoms with E-state index >= 15 is 0 Å². The third-order valence-electron chi connectivity index (χ3n) is 9.75. The zero-order valence-corrected chi connectivity index (χ0v) is 18.4. The molecule has 1 unspecified atom stereocenters. The van der Waals surface area contributed by atoms with Crippen molar-refractivity contribution in [2.75, 3.05) is 6.61 Å². The van der Waals surface area contributed by atoms with E-state index in [4.69, 9.17) is 5.11 Å². The Bertz CT molecular complexity index is 622. The van der Waals surface area contributed by atoms with E-state index in [1.54, 1.807) is 5.57 Å². The molecule has 0 aromatic carbocycles. The van der Waals surface area contributed by atoms with E-state index in [0.717, 1.165) is 49.4 Å². The highest BCUT2D eigenvalue weighted by atomic mass is 16.3. The summed E-state index contributed by atoms with van der Waals surface area (Å²) >= 11 is 0. The molecule has 0 amide bonds. The highest BCUT2D eigenvalue weighted by Crippen LogP contribution is 2.67. The van der Waals surface area contributed by atoms with Gasteiger partial charge >= 0.3 is 0 Å². The molecule has 3 saturated carbocycles. The van der Waals surface area contributed by atoms with Crippen LogP contribution in [0.5, 0.6) is 0 Å². The van der Waals surface area contributed by atoms with Crippen LogP contribution >= 0.6 is 0 Å². The molecule has 28 heavy (non-hydrogen) atoms. The van der Waals surface area contributed by atoms with Crippen molar-refractivity contribution < 1.29 is 10.2 Å². The molecule has 4 aliphatic carbocycles. The molecule has 0 spiro atoms. The van der Waals surface area contributed by atoms with Gasteiger partial charge in [-0.05, 0) is 105 Å². The lowest BCUT2D eigenvalue weighted by Crippen LogP contribution is -2.50. The molecule has 4 aliphatic rings. The number of aliphatic hydroxyl groups is 2. The van der Waals surface area contributed by atoms with E-state index in [1.807, 2.05) is 0 Å². The largest absolute Gasteiger partial charge is 0.396 e. The molecular weight excluding hydrogens is 344 g/mol. The maximum Gasteiger partial charge on any atom is 0.0577 e. The average molecular weight is 387 g/mol. The van der Waals surface area contributed by atoms with Crippen LogP contribution in [0.4, 0.5) is 0 Å². The summed E-state index contributed by atoms with van der Waals surface area (Å²) in [5.74, 6) is 4.05. The van der Waals surface area contributed by atoms with Gasteiger partial charge in [-0.15, -0.1) is 0 Å². The molecule has 4 rings (SSSR count). The van der Waals surface area contributed by atoms with Crippen molar-refractivity contribution in [1.29, 1.82) is 0 Å². The maximum absolute atomic E-state index is 10.2. The number of hydrogen-bond donors (Lipinski definition) is 2. The van der Waals surface area contributed by atoms with Gasteiger partial charge in [-0.25, -0.2) is 0 Å². The second-order valence-electron chi connectivity index (χ2n) is 11.0. The van der Waals surface area contributed by atoms with Crippen LogP contribution in [0.3, 0.4) is 0 Å². The molecule has 8 atom stereocenters. The number of fused-ring (bicyclic) bond motifs is 5. The summed E-state index contributed by atoms with van der Waals surface area (Å²) in [6, 6.07) is 0. The van der Waals surface area contributed by atoms with Gasteiger partial charge in [-0.3, -0.25) is 0 Å². The normalized spacial score (nSPS) is 46.6. The Kier molecular flexibility index (Phi) is 5.84. The number of unbranched alkanes of at least 4 members (excludes halogenated alkanes) is 1. The Morgan fingerprint density at radius 2 is 1.96 bits per heavy atom. The third kappa shape index (κ3) is 3.33. The van der Waals surface area contributed by atoms with Gasteiger partial charge in [0.25, 0.3) is 0 Å². The quantitative estimate of drug-likeness (QED) is 0.457. The van der Waals surface area contributed by atoms with Crippen molar-refractivity contribution in [3.8, 4) is 0 Å². The van der Waals surface area contributed by atoms with Crippen molar-refractivity contribution in [3.63, 3.8) is 0 Å². The zero-order valence-electron chi connectivity index (χ0n) is 18.4. The zero-order chi connectivity index (χ0) is 19.9. The molecule has 0 aromatic heterocycles. The lowest BCUT2D eigenvalue weighted by Gasteiger charge is -2.58. The Morgan fingerprint density at radius 1 is 1.14 bits per heavy atom. The predicted octanol–water partition coefficient (Wildman–Crippen LogP) is 5.89. The number of allylic oxidation sites excluding steroid dienone is 3. The van der Waals surface area contributed by atoms with Crippen LogP contribution in [-0.4, -0.2) is 22.9 Å². The molecule has 0 heterocycles. The maximum atomic E-state index is 10.2. The first kappa shape index (κ1) is 20.7. The van der Waals surface area contributed by atoms with Crippen LogP contribution in [0.25, 0.3) is 0 Å². The van der Waals surface area contributed by atoms with Gasteiger partial charge in [0.2, 0.25) is 0 Å². The number of hydrogen-bond acceptors (Lipinski definition) is 2. The molecule has 2 N–H and O–H groups in total. The molecule has 0 bridgehead atoms. The van der Waals surface area contributed by atoms with E-state index in [0.29, 0.717) is 23.4 Å². The highest BCUT2D eigenvalue weighted by Gasteiger charge is 2.58. The highest BCUT2D eigenvalue weighted by molar-refractivity contribution is 5.25. The van der Waals surface area contributed by atoms with E-state index in [2.05, 4.69) is 39.0 Å². The standard InChI is InChI=1S/C26H42O2/c1-18(7-5-4-6-16-27)22-10-11-23-21-9-8-19-17-20(28)12-14-25(19,2)24(21)13-15-26(22,23)3/h5,7-8,18,20-24,27-28H,4,6,9-17H2,1-3H3/t18-,20?,21+,22-,23+,24+,25+,26-/m1/s1. The van der Waals surface area contributed by atoms with Crippen LogP contribution in [0.2, 0.25) is 0 Å².